The molecule has 4 rings (SSSR count). The molecule has 0 fully saturated rings. The summed E-state index contributed by atoms with van der Waals surface area (Å²) in [6.07, 6.45) is 3.93. The highest BCUT2D eigenvalue weighted by molar-refractivity contribution is 5.96. The number of hydrogen-bond donors (Lipinski definition) is 0. The van der Waals surface area contributed by atoms with E-state index >= 15 is 0 Å². The third-order valence-corrected chi connectivity index (χ3v) is 5.81. The van der Waals surface area contributed by atoms with Crippen LogP contribution in [-0.4, -0.2) is 26.4 Å². The van der Waals surface area contributed by atoms with E-state index in [1.807, 2.05) is 23.1 Å². The van der Waals surface area contributed by atoms with E-state index in [0.717, 1.165) is 34.3 Å². The number of rotatable bonds is 7. The molecule has 0 N–H and O–H groups in total. The normalized spacial score (nSPS) is 11.2. The third-order valence-electron chi connectivity index (χ3n) is 5.81. The number of carbonyl (C=O) groups excluding carboxylic acids is 1. The molecule has 4 heteroatoms. The molecule has 2 aromatic heterocycles. The number of aryl methyl sites for hydroxylation is 1. The molecule has 0 saturated heterocycles. The molecule has 0 atom stereocenters. The van der Waals surface area contributed by atoms with E-state index in [1.165, 1.54) is 5.52 Å². The monoisotopic (exact) mass is 411 g/mol. The molecule has 4 aromatic rings. The predicted octanol–water partition coefficient (Wildman–Crippen LogP) is 5.70. The lowest BCUT2D eigenvalue weighted by Crippen LogP contribution is -2.37. The molecule has 31 heavy (non-hydrogen) atoms. The van der Waals surface area contributed by atoms with Crippen molar-refractivity contribution >= 4 is 16.8 Å². The van der Waals surface area contributed by atoms with Crippen molar-refractivity contribution in [3.05, 3.63) is 90.3 Å². The summed E-state index contributed by atoms with van der Waals surface area (Å²) < 4.78 is 2.33. The molecule has 0 spiro atoms. The van der Waals surface area contributed by atoms with Gasteiger partial charge in [0.05, 0.1) is 12.1 Å². The van der Waals surface area contributed by atoms with Crippen LogP contribution in [0.2, 0.25) is 0 Å². The highest BCUT2D eigenvalue weighted by Crippen LogP contribution is 2.34. The van der Waals surface area contributed by atoms with Crippen LogP contribution in [0.25, 0.3) is 22.2 Å². The average molecular weight is 412 g/mol. The molecule has 0 bridgehead atoms. The van der Waals surface area contributed by atoms with Crippen molar-refractivity contribution < 1.29 is 4.79 Å². The van der Waals surface area contributed by atoms with Crippen LogP contribution >= 0.6 is 0 Å². The van der Waals surface area contributed by atoms with Crippen molar-refractivity contribution in [1.29, 1.82) is 0 Å². The van der Waals surface area contributed by atoms with Crippen molar-refractivity contribution in [2.45, 2.75) is 46.3 Å². The van der Waals surface area contributed by atoms with Crippen molar-refractivity contribution in [2.24, 2.45) is 0 Å². The Bertz CT molecular complexity index is 1160. The minimum absolute atomic E-state index is 0.111. The standard InChI is InChI=1S/C27H29N3O/c1-4-29-25-13-9-8-12-23(25)24(27(29)22-10-6-5-7-11-22)18-26(31)30(20(2)3)19-21-14-16-28-17-15-21/h5-17,20H,4,18-19H2,1-3H3. The second-order valence-electron chi connectivity index (χ2n) is 8.10. The Morgan fingerprint density at radius 1 is 0.968 bits per heavy atom. The molecule has 0 aliphatic rings. The Labute approximate surface area is 184 Å². The van der Waals surface area contributed by atoms with E-state index in [1.54, 1.807) is 12.4 Å². The maximum atomic E-state index is 13.6. The summed E-state index contributed by atoms with van der Waals surface area (Å²) in [5.74, 6) is 0.142. The highest BCUT2D eigenvalue weighted by atomic mass is 16.2. The van der Waals surface area contributed by atoms with Gasteiger partial charge in [-0.25, -0.2) is 0 Å². The molecular formula is C27H29N3O. The van der Waals surface area contributed by atoms with Gasteiger partial charge in [0, 0.05) is 42.4 Å². The van der Waals surface area contributed by atoms with Crippen LogP contribution < -0.4 is 0 Å². The summed E-state index contributed by atoms with van der Waals surface area (Å²) >= 11 is 0. The number of para-hydroxylation sites is 1. The van der Waals surface area contributed by atoms with Crippen LogP contribution in [0.1, 0.15) is 31.9 Å². The van der Waals surface area contributed by atoms with Gasteiger partial charge in [0.25, 0.3) is 0 Å². The number of nitrogens with zero attached hydrogens (tertiary/aromatic N) is 3. The zero-order valence-corrected chi connectivity index (χ0v) is 18.5. The second kappa shape index (κ2) is 9.17. The summed E-state index contributed by atoms with van der Waals surface area (Å²) in [7, 11) is 0. The molecule has 0 radical (unpaired) electrons. The van der Waals surface area contributed by atoms with Gasteiger partial charge in [-0.15, -0.1) is 0 Å². The van der Waals surface area contributed by atoms with E-state index in [9.17, 15) is 4.79 Å². The summed E-state index contributed by atoms with van der Waals surface area (Å²) in [4.78, 5) is 19.6. The number of carbonyl (C=O) groups is 1. The minimum Gasteiger partial charge on any atom is -0.341 e. The fourth-order valence-corrected chi connectivity index (χ4v) is 4.31. The quantitative estimate of drug-likeness (QED) is 0.391. The maximum absolute atomic E-state index is 13.6. The smallest absolute Gasteiger partial charge is 0.227 e. The first kappa shape index (κ1) is 20.9. The molecular weight excluding hydrogens is 382 g/mol. The van der Waals surface area contributed by atoms with Crippen LogP contribution in [0.4, 0.5) is 0 Å². The van der Waals surface area contributed by atoms with Gasteiger partial charge in [0.2, 0.25) is 5.91 Å². The van der Waals surface area contributed by atoms with Crippen molar-refractivity contribution in [1.82, 2.24) is 14.5 Å². The summed E-state index contributed by atoms with van der Waals surface area (Å²) in [5, 5.41) is 1.16. The molecule has 2 heterocycles. The van der Waals surface area contributed by atoms with Crippen molar-refractivity contribution in [2.75, 3.05) is 0 Å². The largest absolute Gasteiger partial charge is 0.341 e. The first-order chi connectivity index (χ1) is 15.1. The molecule has 0 unspecified atom stereocenters. The fraction of sp³-hybridized carbons (Fsp3) is 0.259. The molecule has 0 aliphatic heterocycles. The van der Waals surface area contributed by atoms with E-state index in [4.69, 9.17) is 0 Å². The Balaban J connectivity index is 1.77. The number of amides is 1. The van der Waals surface area contributed by atoms with Crippen LogP contribution in [-0.2, 0) is 24.3 Å². The molecule has 0 saturated carbocycles. The van der Waals surface area contributed by atoms with Crippen molar-refractivity contribution in [3.63, 3.8) is 0 Å². The van der Waals surface area contributed by atoms with Gasteiger partial charge in [-0.1, -0.05) is 48.5 Å². The Morgan fingerprint density at radius 3 is 2.32 bits per heavy atom. The van der Waals surface area contributed by atoms with Gasteiger partial charge in [-0.2, -0.15) is 0 Å². The summed E-state index contributed by atoms with van der Waals surface area (Å²) in [6.45, 7) is 7.75. The molecule has 2 aromatic carbocycles. The second-order valence-corrected chi connectivity index (χ2v) is 8.10. The van der Waals surface area contributed by atoms with Gasteiger partial charge >= 0.3 is 0 Å². The molecule has 158 valence electrons. The predicted molar refractivity (Wildman–Crippen MR) is 127 cm³/mol. The van der Waals surface area contributed by atoms with Crippen LogP contribution in [0.3, 0.4) is 0 Å². The van der Waals surface area contributed by atoms with E-state index in [0.29, 0.717) is 13.0 Å². The Hall–Kier alpha value is -3.40. The van der Waals surface area contributed by atoms with Gasteiger partial charge in [-0.3, -0.25) is 9.78 Å². The number of aromatic nitrogens is 2. The summed E-state index contributed by atoms with van der Waals surface area (Å²) in [5.41, 5.74) is 5.67. The Kier molecular flexibility index (Phi) is 6.17. The zero-order chi connectivity index (χ0) is 21.8. The first-order valence-electron chi connectivity index (χ1n) is 10.9. The molecule has 4 nitrogen and oxygen atoms in total. The van der Waals surface area contributed by atoms with Gasteiger partial charge in [0.15, 0.2) is 0 Å². The molecule has 1 amide bonds. The number of fused-ring (bicyclic) bond motifs is 1. The van der Waals surface area contributed by atoms with Gasteiger partial charge in [0.1, 0.15) is 0 Å². The lowest BCUT2D eigenvalue weighted by atomic mass is 10.0. The lowest BCUT2D eigenvalue weighted by molar-refractivity contribution is -0.132. The van der Waals surface area contributed by atoms with Gasteiger partial charge < -0.3 is 9.47 Å². The van der Waals surface area contributed by atoms with Crippen LogP contribution in [0, 0.1) is 0 Å². The van der Waals surface area contributed by atoms with E-state index in [-0.39, 0.29) is 11.9 Å². The lowest BCUT2D eigenvalue weighted by Gasteiger charge is -2.27. The SMILES string of the molecule is CCn1c(-c2ccccc2)c(CC(=O)N(Cc2ccncc2)C(C)C)c2ccccc21. The fourth-order valence-electron chi connectivity index (χ4n) is 4.31. The van der Waals surface area contributed by atoms with E-state index in [2.05, 4.69) is 78.9 Å². The Morgan fingerprint density at radius 2 is 1.65 bits per heavy atom. The topological polar surface area (TPSA) is 38.1 Å². The molecule has 0 aliphatic carbocycles. The van der Waals surface area contributed by atoms with Crippen LogP contribution in [0.15, 0.2) is 79.1 Å². The number of benzene rings is 2. The number of pyridine rings is 1. The number of hydrogen-bond acceptors (Lipinski definition) is 2. The minimum atomic E-state index is 0.111. The summed E-state index contributed by atoms with van der Waals surface area (Å²) in [6, 6.07) is 22.9. The third kappa shape index (κ3) is 4.24. The van der Waals surface area contributed by atoms with Crippen LogP contribution in [0.5, 0.6) is 0 Å². The highest BCUT2D eigenvalue weighted by Gasteiger charge is 2.24. The zero-order valence-electron chi connectivity index (χ0n) is 18.5. The average Bonchev–Trinajstić information content (AvgIpc) is 3.11. The maximum Gasteiger partial charge on any atom is 0.227 e. The van der Waals surface area contributed by atoms with E-state index < -0.39 is 0 Å². The van der Waals surface area contributed by atoms with Crippen molar-refractivity contribution in [3.8, 4) is 11.3 Å². The first-order valence-corrected chi connectivity index (χ1v) is 10.9. The van der Waals surface area contributed by atoms with Gasteiger partial charge in [-0.05, 0) is 55.7 Å².